The summed E-state index contributed by atoms with van der Waals surface area (Å²) in [5.74, 6) is 0. The maximum absolute atomic E-state index is 13.0. The molecule has 186 valence electrons. The first kappa shape index (κ1) is 23.1. The number of likely N-dealkylation sites (tertiary alicyclic amines) is 1. The fourth-order valence-corrected chi connectivity index (χ4v) is 6.23. The lowest BCUT2D eigenvalue weighted by molar-refractivity contribution is 0.203. The molecule has 3 aromatic carbocycles. The van der Waals surface area contributed by atoms with Crippen LogP contribution in [0.5, 0.6) is 0 Å². The molecule has 36 heavy (non-hydrogen) atoms. The van der Waals surface area contributed by atoms with Crippen molar-refractivity contribution in [2.24, 2.45) is 0 Å². The van der Waals surface area contributed by atoms with Gasteiger partial charge in [0, 0.05) is 49.6 Å². The molecular weight excluding hydrogens is 444 g/mol. The average molecular weight is 481 g/mol. The zero-order valence-electron chi connectivity index (χ0n) is 21.2. The van der Waals surface area contributed by atoms with Crippen molar-refractivity contribution < 1.29 is 4.79 Å². The van der Waals surface area contributed by atoms with E-state index in [2.05, 4.69) is 64.5 Å². The van der Waals surface area contributed by atoms with Crippen LogP contribution in [-0.4, -0.2) is 54.1 Å². The number of hydrogen-bond donors (Lipinski definition) is 1. The minimum absolute atomic E-state index is 0.0284. The summed E-state index contributed by atoms with van der Waals surface area (Å²) >= 11 is 0. The Morgan fingerprint density at radius 1 is 0.861 bits per heavy atom. The van der Waals surface area contributed by atoms with Crippen molar-refractivity contribution >= 4 is 17.4 Å². The number of fused-ring (bicyclic) bond motifs is 1. The molecule has 2 unspecified atom stereocenters. The van der Waals surface area contributed by atoms with E-state index < -0.39 is 0 Å². The Morgan fingerprint density at radius 2 is 1.67 bits per heavy atom. The van der Waals surface area contributed by atoms with Crippen LogP contribution in [0.1, 0.15) is 37.3 Å². The lowest BCUT2D eigenvalue weighted by atomic mass is 9.99. The largest absolute Gasteiger partial charge is 0.370 e. The van der Waals surface area contributed by atoms with E-state index in [4.69, 9.17) is 0 Å². The van der Waals surface area contributed by atoms with E-state index in [0.717, 1.165) is 43.3 Å². The quantitative estimate of drug-likeness (QED) is 0.497. The van der Waals surface area contributed by atoms with Crippen LogP contribution in [0.3, 0.4) is 0 Å². The highest BCUT2D eigenvalue weighted by atomic mass is 16.2. The molecule has 3 heterocycles. The van der Waals surface area contributed by atoms with Crippen molar-refractivity contribution in [1.82, 2.24) is 9.80 Å². The number of urea groups is 1. The van der Waals surface area contributed by atoms with E-state index in [1.165, 1.54) is 48.2 Å². The summed E-state index contributed by atoms with van der Waals surface area (Å²) in [5, 5.41) is 3.09. The van der Waals surface area contributed by atoms with Crippen LogP contribution in [0, 0.1) is 0 Å². The van der Waals surface area contributed by atoms with E-state index in [-0.39, 0.29) is 6.03 Å². The molecule has 3 aliphatic rings. The summed E-state index contributed by atoms with van der Waals surface area (Å²) in [6, 6.07) is 26.7. The van der Waals surface area contributed by atoms with Gasteiger partial charge in [0.05, 0.1) is 0 Å². The monoisotopic (exact) mass is 480 g/mol. The Morgan fingerprint density at radius 3 is 2.44 bits per heavy atom. The highest BCUT2D eigenvalue weighted by Gasteiger charge is 2.33. The molecule has 1 N–H and O–H groups in total. The molecule has 2 fully saturated rings. The fraction of sp³-hybridized carbons (Fsp3) is 0.387. The summed E-state index contributed by atoms with van der Waals surface area (Å²) in [7, 11) is 0. The third kappa shape index (κ3) is 4.72. The summed E-state index contributed by atoms with van der Waals surface area (Å²) < 4.78 is 0. The van der Waals surface area contributed by atoms with Crippen LogP contribution >= 0.6 is 0 Å². The third-order valence-electron chi connectivity index (χ3n) is 8.33. The van der Waals surface area contributed by atoms with Gasteiger partial charge in [-0.2, -0.15) is 0 Å². The smallest absolute Gasteiger partial charge is 0.322 e. The molecule has 5 nitrogen and oxygen atoms in total. The molecule has 3 aliphatic heterocycles. The first-order chi connectivity index (χ1) is 17.6. The van der Waals surface area contributed by atoms with Crippen LogP contribution < -0.4 is 10.2 Å². The predicted molar refractivity (Wildman–Crippen MR) is 147 cm³/mol. The van der Waals surface area contributed by atoms with Crippen molar-refractivity contribution in [2.75, 3.05) is 36.4 Å². The van der Waals surface area contributed by atoms with Crippen LogP contribution in [-0.2, 0) is 13.0 Å². The number of carbonyl (C=O) groups excluding carboxylic acids is 1. The first-order valence-electron chi connectivity index (χ1n) is 13.5. The second-order valence-electron chi connectivity index (χ2n) is 10.6. The van der Waals surface area contributed by atoms with Crippen LogP contribution in [0.15, 0.2) is 72.8 Å². The zero-order valence-corrected chi connectivity index (χ0v) is 21.2. The van der Waals surface area contributed by atoms with Gasteiger partial charge in [-0.05, 0) is 85.7 Å². The van der Waals surface area contributed by atoms with Gasteiger partial charge in [-0.15, -0.1) is 0 Å². The van der Waals surface area contributed by atoms with Gasteiger partial charge in [-0.1, -0.05) is 48.5 Å². The van der Waals surface area contributed by atoms with Gasteiger partial charge >= 0.3 is 6.03 Å². The highest BCUT2D eigenvalue weighted by Crippen LogP contribution is 2.31. The molecule has 2 saturated heterocycles. The lowest BCUT2D eigenvalue weighted by Gasteiger charge is -2.31. The number of amides is 2. The molecule has 0 aromatic heterocycles. The minimum Gasteiger partial charge on any atom is -0.370 e. The van der Waals surface area contributed by atoms with Crippen LogP contribution in [0.4, 0.5) is 16.2 Å². The molecule has 5 heteroatoms. The van der Waals surface area contributed by atoms with Crippen molar-refractivity contribution in [2.45, 2.75) is 51.2 Å². The molecule has 0 radical (unpaired) electrons. The molecule has 2 atom stereocenters. The maximum atomic E-state index is 13.0. The maximum Gasteiger partial charge on any atom is 0.322 e. The summed E-state index contributed by atoms with van der Waals surface area (Å²) in [6.45, 7) is 7.34. The minimum atomic E-state index is -0.0284. The molecule has 2 amide bonds. The van der Waals surface area contributed by atoms with E-state index in [1.807, 2.05) is 35.2 Å². The molecule has 0 spiro atoms. The van der Waals surface area contributed by atoms with E-state index >= 15 is 0 Å². The fourth-order valence-electron chi connectivity index (χ4n) is 6.23. The highest BCUT2D eigenvalue weighted by molar-refractivity contribution is 5.89. The second-order valence-corrected chi connectivity index (χ2v) is 10.6. The Labute approximate surface area is 214 Å². The van der Waals surface area contributed by atoms with Gasteiger partial charge < -0.3 is 15.1 Å². The normalized spacial score (nSPS) is 22.0. The van der Waals surface area contributed by atoms with Gasteiger partial charge in [-0.25, -0.2) is 4.79 Å². The number of anilines is 2. The molecule has 0 bridgehead atoms. The summed E-state index contributed by atoms with van der Waals surface area (Å²) in [5.41, 5.74) is 7.16. The van der Waals surface area contributed by atoms with Gasteiger partial charge in [0.2, 0.25) is 0 Å². The number of benzene rings is 3. The molecule has 0 saturated carbocycles. The molecular formula is C31H36N4O. The number of carbonyl (C=O) groups is 1. The summed E-state index contributed by atoms with van der Waals surface area (Å²) in [4.78, 5) is 20.2. The van der Waals surface area contributed by atoms with Gasteiger partial charge in [0.15, 0.2) is 0 Å². The molecule has 3 aromatic rings. The average Bonchev–Trinajstić information content (AvgIpc) is 3.58. The van der Waals surface area contributed by atoms with Crippen molar-refractivity contribution in [1.29, 1.82) is 0 Å². The van der Waals surface area contributed by atoms with E-state index in [0.29, 0.717) is 12.6 Å². The van der Waals surface area contributed by atoms with Crippen LogP contribution in [0.2, 0.25) is 0 Å². The molecule has 0 aliphatic carbocycles. The van der Waals surface area contributed by atoms with Gasteiger partial charge in [-0.3, -0.25) is 4.90 Å². The second kappa shape index (κ2) is 9.98. The predicted octanol–water partition coefficient (Wildman–Crippen LogP) is 6.01. The Bertz CT molecular complexity index is 1210. The summed E-state index contributed by atoms with van der Waals surface area (Å²) in [6.07, 6.45) is 4.86. The topological polar surface area (TPSA) is 38.8 Å². The zero-order chi connectivity index (χ0) is 24.5. The van der Waals surface area contributed by atoms with Crippen molar-refractivity contribution in [3.8, 4) is 11.1 Å². The van der Waals surface area contributed by atoms with Gasteiger partial charge in [0.1, 0.15) is 0 Å². The Kier molecular flexibility index (Phi) is 6.41. The molecule has 6 rings (SSSR count). The number of nitrogens with zero attached hydrogens (tertiary/aromatic N) is 3. The number of hydrogen-bond acceptors (Lipinski definition) is 3. The number of rotatable bonds is 4. The number of nitrogens with one attached hydrogen (secondary N) is 1. The Hall–Kier alpha value is -3.31. The Balaban J connectivity index is 1.06. The first-order valence-corrected chi connectivity index (χ1v) is 13.5. The lowest BCUT2D eigenvalue weighted by Crippen LogP contribution is -2.40. The standard InChI is InChI=1S/C31H36N4O/c1-23-6-5-17-35(23)30-16-19-33(22-30)29-14-11-27-21-34(18-15-26(27)20-29)31(36)32-28-12-9-25(10-13-28)24-7-3-2-4-8-24/h2-4,7-14,20,23,30H,5-6,15-19,21-22H2,1H3,(H,32,36). The van der Waals surface area contributed by atoms with Crippen LogP contribution in [0.25, 0.3) is 11.1 Å². The van der Waals surface area contributed by atoms with Gasteiger partial charge in [0.25, 0.3) is 0 Å². The third-order valence-corrected chi connectivity index (χ3v) is 8.33. The van der Waals surface area contributed by atoms with E-state index in [9.17, 15) is 4.79 Å². The van der Waals surface area contributed by atoms with Crippen molar-refractivity contribution in [3.63, 3.8) is 0 Å². The van der Waals surface area contributed by atoms with E-state index in [1.54, 1.807) is 0 Å². The SMILES string of the molecule is CC1CCCN1C1CCN(c2ccc3c(c2)CCN(C(=O)Nc2ccc(-c4ccccc4)cc2)C3)C1. The van der Waals surface area contributed by atoms with Crippen molar-refractivity contribution in [3.05, 3.63) is 83.9 Å².